The third kappa shape index (κ3) is 3.59. The van der Waals surface area contributed by atoms with Crippen molar-refractivity contribution in [3.05, 3.63) is 17.5 Å². The van der Waals surface area contributed by atoms with E-state index < -0.39 is 5.92 Å². The Hall–Kier alpha value is -1.83. The van der Waals surface area contributed by atoms with Crippen LogP contribution in [0, 0.1) is 24.2 Å². The van der Waals surface area contributed by atoms with E-state index in [-0.39, 0.29) is 5.91 Å². The van der Waals surface area contributed by atoms with Gasteiger partial charge in [-0.1, -0.05) is 13.3 Å². The quantitative estimate of drug-likeness (QED) is 0.834. The van der Waals surface area contributed by atoms with Crippen molar-refractivity contribution in [3.8, 4) is 6.07 Å². The fraction of sp³-hybridized carbons (Fsp3) is 0.583. The third-order valence-corrected chi connectivity index (χ3v) is 2.62. The summed E-state index contributed by atoms with van der Waals surface area (Å²) in [5, 5.41) is 15.8. The van der Waals surface area contributed by atoms with Crippen LogP contribution >= 0.6 is 0 Å². The summed E-state index contributed by atoms with van der Waals surface area (Å²) < 4.78 is 1.71. The average Bonchev–Trinajstić information content (AvgIpc) is 2.61. The van der Waals surface area contributed by atoms with Crippen LogP contribution in [0.15, 0.2) is 6.20 Å². The minimum absolute atomic E-state index is 0.197. The van der Waals surface area contributed by atoms with Gasteiger partial charge in [0, 0.05) is 25.4 Å². The van der Waals surface area contributed by atoms with Gasteiger partial charge in [-0.2, -0.15) is 10.4 Å². The van der Waals surface area contributed by atoms with E-state index in [1.807, 2.05) is 33.2 Å². The zero-order valence-electron chi connectivity index (χ0n) is 10.5. The van der Waals surface area contributed by atoms with E-state index in [0.29, 0.717) is 13.0 Å². The van der Waals surface area contributed by atoms with Crippen LogP contribution in [0.25, 0.3) is 0 Å². The molecule has 0 aliphatic carbocycles. The van der Waals surface area contributed by atoms with Gasteiger partial charge in [-0.25, -0.2) is 0 Å². The molecule has 5 heteroatoms. The van der Waals surface area contributed by atoms with E-state index in [1.54, 1.807) is 4.68 Å². The minimum atomic E-state index is -0.544. The Bertz CT molecular complexity index is 430. The minimum Gasteiger partial charge on any atom is -0.351 e. The van der Waals surface area contributed by atoms with Crippen LogP contribution in [0.5, 0.6) is 0 Å². The van der Waals surface area contributed by atoms with Crippen molar-refractivity contribution in [1.82, 2.24) is 15.1 Å². The van der Waals surface area contributed by atoms with Crippen molar-refractivity contribution < 1.29 is 4.79 Å². The standard InChI is InChI=1S/C12H18N4O/c1-4-5-10(6-13)12(17)14-7-11-8-16(3)15-9(11)2/h8,10H,4-5,7H2,1-3H3,(H,14,17). The van der Waals surface area contributed by atoms with Crippen molar-refractivity contribution in [2.24, 2.45) is 13.0 Å². The summed E-state index contributed by atoms with van der Waals surface area (Å²) in [5.74, 6) is -0.741. The highest BCUT2D eigenvalue weighted by Crippen LogP contribution is 2.07. The molecule has 17 heavy (non-hydrogen) atoms. The van der Waals surface area contributed by atoms with Gasteiger partial charge in [0.25, 0.3) is 0 Å². The largest absolute Gasteiger partial charge is 0.351 e. The lowest BCUT2D eigenvalue weighted by Gasteiger charge is -2.08. The lowest BCUT2D eigenvalue weighted by molar-refractivity contribution is -0.123. The molecule has 0 fully saturated rings. The highest BCUT2D eigenvalue weighted by molar-refractivity contribution is 5.80. The van der Waals surface area contributed by atoms with Gasteiger partial charge in [-0.3, -0.25) is 9.48 Å². The Balaban J connectivity index is 2.53. The maximum atomic E-state index is 11.7. The molecule has 0 radical (unpaired) electrons. The SMILES string of the molecule is CCCC(C#N)C(=O)NCc1cn(C)nc1C. The predicted molar refractivity (Wildman–Crippen MR) is 63.8 cm³/mol. The maximum Gasteiger partial charge on any atom is 0.237 e. The number of nitrogens with one attached hydrogen (secondary N) is 1. The molecule has 1 amide bonds. The summed E-state index contributed by atoms with van der Waals surface area (Å²) in [5.41, 5.74) is 1.88. The molecule has 0 saturated heterocycles. The number of amides is 1. The first-order chi connectivity index (χ1) is 8.08. The first kappa shape index (κ1) is 13.2. The van der Waals surface area contributed by atoms with Crippen LogP contribution in [0.3, 0.4) is 0 Å². The number of aryl methyl sites for hydroxylation is 2. The van der Waals surface area contributed by atoms with Crippen LogP contribution in [0.1, 0.15) is 31.0 Å². The molecule has 1 atom stereocenters. The Morgan fingerprint density at radius 2 is 2.41 bits per heavy atom. The van der Waals surface area contributed by atoms with Crippen molar-refractivity contribution in [2.75, 3.05) is 0 Å². The second kappa shape index (κ2) is 6.04. The predicted octanol–water partition coefficient (Wildman–Crippen LogP) is 1.28. The highest BCUT2D eigenvalue weighted by atomic mass is 16.1. The van der Waals surface area contributed by atoms with Gasteiger partial charge in [-0.15, -0.1) is 0 Å². The zero-order chi connectivity index (χ0) is 12.8. The van der Waals surface area contributed by atoms with Crippen molar-refractivity contribution in [3.63, 3.8) is 0 Å². The Kier molecular flexibility index (Phi) is 4.70. The molecule has 0 aliphatic heterocycles. The molecule has 0 bridgehead atoms. The molecule has 0 spiro atoms. The molecule has 0 aliphatic rings. The number of nitriles is 1. The summed E-state index contributed by atoms with van der Waals surface area (Å²) in [4.78, 5) is 11.7. The number of hydrogen-bond donors (Lipinski definition) is 1. The number of hydrogen-bond acceptors (Lipinski definition) is 3. The summed E-state index contributed by atoms with van der Waals surface area (Å²) in [6.45, 7) is 4.29. The van der Waals surface area contributed by atoms with Crippen LogP contribution in [-0.4, -0.2) is 15.7 Å². The lowest BCUT2D eigenvalue weighted by Crippen LogP contribution is -2.29. The summed E-state index contributed by atoms with van der Waals surface area (Å²) in [7, 11) is 1.84. The van der Waals surface area contributed by atoms with E-state index in [9.17, 15) is 4.79 Å². The number of carbonyl (C=O) groups is 1. The van der Waals surface area contributed by atoms with Crippen molar-refractivity contribution in [1.29, 1.82) is 5.26 Å². The van der Waals surface area contributed by atoms with Gasteiger partial charge in [0.05, 0.1) is 11.8 Å². The van der Waals surface area contributed by atoms with Crippen LogP contribution < -0.4 is 5.32 Å². The number of nitrogens with zero attached hydrogens (tertiary/aromatic N) is 3. The number of aromatic nitrogens is 2. The smallest absolute Gasteiger partial charge is 0.237 e. The van der Waals surface area contributed by atoms with Gasteiger partial charge in [0.1, 0.15) is 5.92 Å². The zero-order valence-corrected chi connectivity index (χ0v) is 10.5. The topological polar surface area (TPSA) is 70.7 Å². The first-order valence-electron chi connectivity index (χ1n) is 5.75. The molecular formula is C12H18N4O. The fourth-order valence-electron chi connectivity index (χ4n) is 1.67. The van der Waals surface area contributed by atoms with E-state index >= 15 is 0 Å². The fourth-order valence-corrected chi connectivity index (χ4v) is 1.67. The normalized spacial score (nSPS) is 11.9. The van der Waals surface area contributed by atoms with Crippen LogP contribution in [0.2, 0.25) is 0 Å². The molecule has 5 nitrogen and oxygen atoms in total. The molecule has 1 N–H and O–H groups in total. The molecule has 1 heterocycles. The number of carbonyl (C=O) groups excluding carboxylic acids is 1. The molecule has 1 rings (SSSR count). The maximum absolute atomic E-state index is 11.7. The summed E-state index contributed by atoms with van der Waals surface area (Å²) >= 11 is 0. The molecule has 0 aromatic carbocycles. The summed E-state index contributed by atoms with van der Waals surface area (Å²) in [6.07, 6.45) is 3.31. The van der Waals surface area contributed by atoms with Gasteiger partial charge in [0.2, 0.25) is 5.91 Å². The second-order valence-corrected chi connectivity index (χ2v) is 4.10. The lowest BCUT2D eigenvalue weighted by atomic mass is 10.0. The molecule has 1 unspecified atom stereocenters. The summed E-state index contributed by atoms with van der Waals surface area (Å²) in [6, 6.07) is 2.03. The van der Waals surface area contributed by atoms with Crippen molar-refractivity contribution in [2.45, 2.75) is 33.2 Å². The molecule has 0 saturated carbocycles. The van der Waals surface area contributed by atoms with Crippen LogP contribution in [0.4, 0.5) is 0 Å². The van der Waals surface area contributed by atoms with E-state index in [2.05, 4.69) is 10.4 Å². The molecule has 92 valence electrons. The third-order valence-electron chi connectivity index (χ3n) is 2.62. The second-order valence-electron chi connectivity index (χ2n) is 4.10. The Labute approximate surface area is 101 Å². The Morgan fingerprint density at radius 1 is 1.71 bits per heavy atom. The highest BCUT2D eigenvalue weighted by Gasteiger charge is 2.16. The molecular weight excluding hydrogens is 216 g/mol. The number of rotatable bonds is 5. The van der Waals surface area contributed by atoms with Gasteiger partial charge in [0.15, 0.2) is 0 Å². The van der Waals surface area contributed by atoms with Gasteiger partial charge < -0.3 is 5.32 Å². The van der Waals surface area contributed by atoms with E-state index in [4.69, 9.17) is 5.26 Å². The first-order valence-corrected chi connectivity index (χ1v) is 5.75. The molecule has 1 aromatic rings. The van der Waals surface area contributed by atoms with Crippen molar-refractivity contribution >= 4 is 5.91 Å². The van der Waals surface area contributed by atoms with E-state index in [0.717, 1.165) is 17.7 Å². The van der Waals surface area contributed by atoms with E-state index in [1.165, 1.54) is 0 Å². The van der Waals surface area contributed by atoms with Crippen LogP contribution in [-0.2, 0) is 18.4 Å². The molecule has 1 aromatic heterocycles. The monoisotopic (exact) mass is 234 g/mol. The Morgan fingerprint density at radius 3 is 2.88 bits per heavy atom. The van der Waals surface area contributed by atoms with Gasteiger partial charge in [-0.05, 0) is 13.3 Å². The van der Waals surface area contributed by atoms with Gasteiger partial charge >= 0.3 is 0 Å². The average molecular weight is 234 g/mol.